The summed E-state index contributed by atoms with van der Waals surface area (Å²) in [6.45, 7) is 4.29. The number of hydrogen-bond acceptors (Lipinski definition) is 7. The number of ether oxygens (including phenoxy) is 3. The number of nitrogens with zero attached hydrogens (tertiary/aromatic N) is 1. The van der Waals surface area contributed by atoms with Gasteiger partial charge in [-0.05, 0) is 37.1 Å². The first-order chi connectivity index (χ1) is 13.5. The Kier molecular flexibility index (Phi) is 8.01. The van der Waals surface area contributed by atoms with Gasteiger partial charge in [-0.3, -0.25) is 14.2 Å². The van der Waals surface area contributed by atoms with Gasteiger partial charge in [-0.25, -0.2) is 4.79 Å². The summed E-state index contributed by atoms with van der Waals surface area (Å²) in [5, 5.41) is 0. The average Bonchev–Trinajstić information content (AvgIpc) is 2.96. The normalized spacial score (nSPS) is 12.1. The molecule has 0 aliphatic rings. The molecule has 28 heavy (non-hydrogen) atoms. The van der Waals surface area contributed by atoms with Crippen LogP contribution in [0.2, 0.25) is 0 Å². The van der Waals surface area contributed by atoms with E-state index in [1.165, 1.54) is 17.8 Å². The highest BCUT2D eigenvalue weighted by atomic mass is 32.1. The number of rotatable bonds is 8. The van der Waals surface area contributed by atoms with Crippen molar-refractivity contribution < 1.29 is 23.8 Å². The topological polar surface area (TPSA) is 83.8 Å². The van der Waals surface area contributed by atoms with E-state index in [1.54, 1.807) is 13.0 Å². The summed E-state index contributed by atoms with van der Waals surface area (Å²) in [5.74, 6) is -0.404. The minimum atomic E-state index is -0.581. The number of hydrogen-bond donors (Lipinski definition) is 0. The number of carbonyl (C=O) groups is 2. The van der Waals surface area contributed by atoms with Crippen molar-refractivity contribution in [2.45, 2.75) is 26.8 Å². The Morgan fingerprint density at radius 1 is 1.18 bits per heavy atom. The van der Waals surface area contributed by atoms with Gasteiger partial charge in [0.2, 0.25) is 0 Å². The van der Waals surface area contributed by atoms with Gasteiger partial charge in [0.1, 0.15) is 17.0 Å². The van der Waals surface area contributed by atoms with Crippen LogP contribution < -0.4 is 19.5 Å². The van der Waals surface area contributed by atoms with Crippen molar-refractivity contribution in [2.24, 2.45) is 0 Å². The summed E-state index contributed by atoms with van der Waals surface area (Å²) < 4.78 is 17.0. The summed E-state index contributed by atoms with van der Waals surface area (Å²) >= 11 is 1.11. The third kappa shape index (κ3) is 5.82. The molecular formula is C20H23NO6S. The molecule has 0 bridgehead atoms. The highest BCUT2D eigenvalue weighted by molar-refractivity contribution is 7.07. The number of esters is 2. The maximum absolute atomic E-state index is 12.7. The predicted octanol–water partition coefficient (Wildman–Crippen LogP) is 1.04. The minimum absolute atomic E-state index is 0.216. The smallest absolute Gasteiger partial charge is 0.333 e. The van der Waals surface area contributed by atoms with E-state index in [2.05, 4.69) is 4.74 Å². The Labute approximate surface area is 166 Å². The second kappa shape index (κ2) is 10.5. The van der Waals surface area contributed by atoms with Crippen LogP contribution in [0.15, 0.2) is 29.1 Å². The zero-order valence-electron chi connectivity index (χ0n) is 16.1. The number of thiazole rings is 1. The molecule has 0 aliphatic carbocycles. The molecule has 2 rings (SSSR count). The number of aromatic nitrogens is 1. The molecule has 0 amide bonds. The van der Waals surface area contributed by atoms with Crippen LogP contribution in [0.3, 0.4) is 0 Å². The van der Waals surface area contributed by atoms with E-state index in [9.17, 15) is 14.4 Å². The minimum Gasteiger partial charge on any atom is -0.494 e. The maximum Gasteiger partial charge on any atom is 0.333 e. The Bertz CT molecular complexity index is 987. The second-order valence-corrected chi connectivity index (χ2v) is 6.79. The molecule has 0 saturated carbocycles. The van der Waals surface area contributed by atoms with E-state index in [1.807, 2.05) is 31.2 Å². The van der Waals surface area contributed by atoms with Gasteiger partial charge < -0.3 is 14.2 Å². The standard InChI is InChI=1S/C20H23NO6S/c1-4-10-27-15-8-6-14(7-9-15)11-16-20(24)21(13-19(23)25-3)17(28-16)12-18(22)26-5-2/h6-9,11-12H,4-5,10,13H2,1-3H3/b16-11-,17-12-. The summed E-state index contributed by atoms with van der Waals surface area (Å²) in [7, 11) is 1.24. The average molecular weight is 405 g/mol. The maximum atomic E-state index is 12.7. The molecule has 1 aromatic heterocycles. The summed E-state index contributed by atoms with van der Waals surface area (Å²) in [4.78, 5) is 36.2. The zero-order valence-corrected chi connectivity index (χ0v) is 16.9. The zero-order chi connectivity index (χ0) is 20.5. The fourth-order valence-electron chi connectivity index (χ4n) is 2.30. The molecule has 0 saturated heterocycles. The highest BCUT2D eigenvalue weighted by Crippen LogP contribution is 2.12. The van der Waals surface area contributed by atoms with Gasteiger partial charge in [-0.2, -0.15) is 0 Å². The molecule has 0 N–H and O–H groups in total. The second-order valence-electron chi connectivity index (χ2n) is 5.73. The van der Waals surface area contributed by atoms with Crippen molar-refractivity contribution in [1.82, 2.24) is 4.57 Å². The number of methoxy groups -OCH3 is 1. The Hall–Kier alpha value is -2.87. The van der Waals surface area contributed by atoms with E-state index in [0.29, 0.717) is 15.8 Å². The van der Waals surface area contributed by atoms with Crippen LogP contribution in [0.4, 0.5) is 0 Å². The lowest BCUT2D eigenvalue weighted by atomic mass is 10.2. The molecule has 1 heterocycles. The van der Waals surface area contributed by atoms with E-state index < -0.39 is 11.9 Å². The molecule has 0 unspecified atom stereocenters. The SMILES string of the molecule is CCCOc1ccc(/C=c2\s/c(=C\C(=O)OCC)n(CC(=O)OC)c2=O)cc1. The Morgan fingerprint density at radius 3 is 2.50 bits per heavy atom. The fraction of sp³-hybridized carbons (Fsp3) is 0.350. The summed E-state index contributed by atoms with van der Waals surface area (Å²) in [6.07, 6.45) is 3.83. The number of carbonyl (C=O) groups excluding carboxylic acids is 2. The van der Waals surface area contributed by atoms with Crippen LogP contribution in [0.1, 0.15) is 25.8 Å². The first-order valence-corrected chi connectivity index (χ1v) is 9.69. The van der Waals surface area contributed by atoms with Gasteiger partial charge in [-0.1, -0.05) is 19.1 Å². The molecule has 0 fully saturated rings. The van der Waals surface area contributed by atoms with E-state index in [4.69, 9.17) is 9.47 Å². The lowest BCUT2D eigenvalue weighted by molar-refractivity contribution is -0.141. The molecule has 0 atom stereocenters. The van der Waals surface area contributed by atoms with Crippen molar-refractivity contribution in [3.05, 3.63) is 49.4 Å². The van der Waals surface area contributed by atoms with Crippen LogP contribution in [0.25, 0.3) is 12.2 Å². The summed E-state index contributed by atoms with van der Waals surface area (Å²) in [5.41, 5.74) is 0.423. The number of benzene rings is 1. The van der Waals surface area contributed by atoms with E-state index >= 15 is 0 Å². The van der Waals surface area contributed by atoms with Crippen molar-refractivity contribution >= 4 is 35.4 Å². The van der Waals surface area contributed by atoms with Gasteiger partial charge in [0.15, 0.2) is 0 Å². The van der Waals surface area contributed by atoms with Crippen LogP contribution in [-0.4, -0.2) is 36.8 Å². The lowest BCUT2D eigenvalue weighted by Crippen LogP contribution is -2.34. The fourth-order valence-corrected chi connectivity index (χ4v) is 3.33. The predicted molar refractivity (Wildman–Crippen MR) is 107 cm³/mol. The van der Waals surface area contributed by atoms with Crippen molar-refractivity contribution in [2.75, 3.05) is 20.3 Å². The molecular weight excluding hydrogens is 382 g/mol. The quantitative estimate of drug-likeness (QED) is 0.611. The molecule has 0 radical (unpaired) electrons. The van der Waals surface area contributed by atoms with Crippen LogP contribution in [0, 0.1) is 0 Å². The Morgan fingerprint density at radius 2 is 1.89 bits per heavy atom. The third-order valence-electron chi connectivity index (χ3n) is 3.63. The molecule has 150 valence electrons. The summed E-state index contributed by atoms with van der Waals surface area (Å²) in [6, 6.07) is 7.33. The highest BCUT2D eigenvalue weighted by Gasteiger charge is 2.11. The van der Waals surface area contributed by atoms with Crippen molar-refractivity contribution in [1.29, 1.82) is 0 Å². The van der Waals surface area contributed by atoms with Crippen LogP contribution >= 0.6 is 11.3 Å². The molecule has 0 aliphatic heterocycles. The largest absolute Gasteiger partial charge is 0.494 e. The molecule has 0 spiro atoms. The van der Waals surface area contributed by atoms with Crippen LogP contribution in [-0.2, 0) is 25.6 Å². The van der Waals surface area contributed by atoms with Gasteiger partial charge >= 0.3 is 11.9 Å². The monoisotopic (exact) mass is 405 g/mol. The van der Waals surface area contributed by atoms with Gasteiger partial charge in [0.25, 0.3) is 5.56 Å². The molecule has 2 aromatic rings. The molecule has 7 nitrogen and oxygen atoms in total. The van der Waals surface area contributed by atoms with Crippen molar-refractivity contribution in [3.8, 4) is 5.75 Å². The first kappa shape index (κ1) is 21.4. The Balaban J connectivity index is 2.46. The van der Waals surface area contributed by atoms with Crippen molar-refractivity contribution in [3.63, 3.8) is 0 Å². The molecule has 1 aromatic carbocycles. The van der Waals surface area contributed by atoms with Gasteiger partial charge in [-0.15, -0.1) is 11.3 Å². The lowest BCUT2D eigenvalue weighted by Gasteiger charge is -2.03. The molecule has 8 heteroatoms. The third-order valence-corrected chi connectivity index (χ3v) is 4.69. The van der Waals surface area contributed by atoms with Gasteiger partial charge in [0, 0.05) is 0 Å². The first-order valence-electron chi connectivity index (χ1n) is 8.88. The van der Waals surface area contributed by atoms with E-state index in [0.717, 1.165) is 29.1 Å². The van der Waals surface area contributed by atoms with E-state index in [-0.39, 0.29) is 18.7 Å². The van der Waals surface area contributed by atoms with Gasteiger partial charge in [0.05, 0.1) is 30.9 Å². The van der Waals surface area contributed by atoms with Crippen LogP contribution in [0.5, 0.6) is 5.75 Å².